The lowest BCUT2D eigenvalue weighted by atomic mass is 9.55. The Morgan fingerprint density at radius 2 is 1.88 bits per heavy atom. The quantitative estimate of drug-likeness (QED) is 0.271. The maximum absolute atomic E-state index is 13.9. The Morgan fingerprint density at radius 3 is 2.56 bits per heavy atom. The van der Waals surface area contributed by atoms with Gasteiger partial charge < -0.3 is 19.6 Å². The Kier molecular flexibility index (Phi) is 9.06. The first-order valence-electron chi connectivity index (χ1n) is 14.9. The van der Waals surface area contributed by atoms with Crippen LogP contribution in [-0.4, -0.2) is 64.6 Å². The monoisotopic (exact) mass is 600 g/mol. The second-order valence-electron chi connectivity index (χ2n) is 12.9. The van der Waals surface area contributed by atoms with Gasteiger partial charge in [-0.1, -0.05) is 55.2 Å². The van der Waals surface area contributed by atoms with Crippen molar-refractivity contribution in [3.63, 3.8) is 0 Å². The van der Waals surface area contributed by atoms with Gasteiger partial charge in [0.2, 0.25) is 5.91 Å². The van der Waals surface area contributed by atoms with E-state index in [0.717, 1.165) is 43.0 Å². The Balaban J connectivity index is 1.47. The van der Waals surface area contributed by atoms with E-state index in [-0.39, 0.29) is 30.3 Å². The summed E-state index contributed by atoms with van der Waals surface area (Å²) in [7, 11) is 0. The minimum atomic E-state index is -0.943. The number of esters is 1. The van der Waals surface area contributed by atoms with Gasteiger partial charge in [-0.25, -0.2) is 0 Å². The molecule has 2 aliphatic carbocycles. The highest BCUT2D eigenvalue weighted by atomic mass is 35.5. The molecular formula is C33H42Cl2N2O4. The fourth-order valence-electron chi connectivity index (χ4n) is 7.12. The summed E-state index contributed by atoms with van der Waals surface area (Å²) in [6.07, 6.45) is 5.57. The number of halogens is 2. The lowest BCUT2D eigenvalue weighted by Crippen LogP contribution is -2.67. The van der Waals surface area contributed by atoms with Crippen LogP contribution >= 0.6 is 23.2 Å². The van der Waals surface area contributed by atoms with Crippen LogP contribution in [0.15, 0.2) is 42.5 Å². The number of hydrogen-bond donors (Lipinski definition) is 1. The van der Waals surface area contributed by atoms with Crippen molar-refractivity contribution in [3.8, 4) is 5.75 Å². The number of ether oxygens (including phenoxy) is 1. The third-order valence-electron chi connectivity index (χ3n) is 9.23. The van der Waals surface area contributed by atoms with Gasteiger partial charge in [-0.05, 0) is 92.3 Å². The molecule has 3 fully saturated rings. The van der Waals surface area contributed by atoms with Crippen molar-refractivity contribution < 1.29 is 19.4 Å². The minimum Gasteiger partial charge on any atom is -0.427 e. The molecule has 1 amide bonds. The summed E-state index contributed by atoms with van der Waals surface area (Å²) in [5.41, 5.74) is 0.311. The van der Waals surface area contributed by atoms with Gasteiger partial charge in [0, 0.05) is 38.0 Å². The SMILES string of the molecule is CC(=O)Oc1cccc(C23CCN(CC4CC4)CC2(O)CCC(N(CC(C)C)C(=O)Cc2ccc(Cl)c(Cl)c2)C3)c1. The molecule has 2 aromatic rings. The Morgan fingerprint density at radius 1 is 1.10 bits per heavy atom. The summed E-state index contributed by atoms with van der Waals surface area (Å²) in [4.78, 5) is 30.1. The molecule has 8 heteroatoms. The van der Waals surface area contributed by atoms with Crippen molar-refractivity contribution in [1.29, 1.82) is 0 Å². The first-order valence-corrected chi connectivity index (χ1v) is 15.7. The molecule has 0 spiro atoms. The van der Waals surface area contributed by atoms with E-state index in [1.54, 1.807) is 18.2 Å². The molecule has 3 unspecified atom stereocenters. The zero-order valence-electron chi connectivity index (χ0n) is 24.4. The van der Waals surface area contributed by atoms with Crippen LogP contribution in [-0.2, 0) is 21.4 Å². The summed E-state index contributed by atoms with van der Waals surface area (Å²) < 4.78 is 5.47. The minimum absolute atomic E-state index is 0.0275. The number of likely N-dealkylation sites (tertiary alicyclic amines) is 1. The summed E-state index contributed by atoms with van der Waals surface area (Å²) in [5.74, 6) is 1.21. The Hall–Kier alpha value is -2.12. The van der Waals surface area contributed by atoms with Gasteiger partial charge in [0.1, 0.15) is 5.75 Å². The van der Waals surface area contributed by atoms with Crippen LogP contribution in [0.1, 0.15) is 70.4 Å². The van der Waals surface area contributed by atoms with Crippen LogP contribution in [0.25, 0.3) is 0 Å². The average Bonchev–Trinajstić information content (AvgIpc) is 3.72. The molecule has 41 heavy (non-hydrogen) atoms. The molecular weight excluding hydrogens is 559 g/mol. The van der Waals surface area contributed by atoms with E-state index in [1.807, 2.05) is 23.1 Å². The van der Waals surface area contributed by atoms with Gasteiger partial charge in [-0.15, -0.1) is 0 Å². The fraction of sp³-hybridized carbons (Fsp3) is 0.576. The third-order valence-corrected chi connectivity index (χ3v) is 9.97. The molecule has 2 aromatic carbocycles. The number of benzene rings is 2. The molecule has 0 aromatic heterocycles. The summed E-state index contributed by atoms with van der Waals surface area (Å²) in [6.45, 7) is 8.86. The molecule has 1 N–H and O–H groups in total. The number of rotatable bonds is 9. The first-order chi connectivity index (χ1) is 19.5. The molecule has 3 aliphatic rings. The fourth-order valence-corrected chi connectivity index (χ4v) is 7.44. The van der Waals surface area contributed by atoms with Crippen molar-refractivity contribution in [2.45, 2.75) is 82.8 Å². The number of nitrogens with zero attached hydrogens (tertiary/aromatic N) is 2. The van der Waals surface area contributed by atoms with Crippen molar-refractivity contribution >= 4 is 35.1 Å². The van der Waals surface area contributed by atoms with Crippen LogP contribution in [0.4, 0.5) is 0 Å². The standard InChI is InChI=1S/C33H42Cl2N2O4/c1-22(2)19-37(31(39)16-25-9-10-29(34)30(35)15-25)27-11-12-33(40)21-36(20-24-7-8-24)14-13-32(33,18-27)26-5-4-6-28(17-26)41-23(3)38/h4-6,9-10,15,17,22,24,27,40H,7-8,11-14,16,18-21H2,1-3H3. The van der Waals surface area contributed by atoms with Gasteiger partial charge >= 0.3 is 5.97 Å². The van der Waals surface area contributed by atoms with Gasteiger partial charge in [-0.2, -0.15) is 0 Å². The molecule has 2 saturated carbocycles. The predicted octanol–water partition coefficient (Wildman–Crippen LogP) is 6.28. The Bertz CT molecular complexity index is 1280. The van der Waals surface area contributed by atoms with E-state index in [4.69, 9.17) is 27.9 Å². The maximum atomic E-state index is 13.9. The summed E-state index contributed by atoms with van der Waals surface area (Å²) in [6, 6.07) is 13.0. The summed E-state index contributed by atoms with van der Waals surface area (Å²) >= 11 is 12.4. The molecule has 0 radical (unpaired) electrons. The van der Waals surface area contributed by atoms with E-state index >= 15 is 0 Å². The number of carbonyl (C=O) groups excluding carboxylic acids is 2. The van der Waals surface area contributed by atoms with Crippen LogP contribution in [0.2, 0.25) is 10.0 Å². The summed E-state index contributed by atoms with van der Waals surface area (Å²) in [5, 5.41) is 13.4. The maximum Gasteiger partial charge on any atom is 0.308 e. The highest BCUT2D eigenvalue weighted by molar-refractivity contribution is 6.42. The molecule has 1 saturated heterocycles. The van der Waals surface area contributed by atoms with Crippen LogP contribution < -0.4 is 4.74 Å². The second kappa shape index (κ2) is 12.2. The zero-order chi connectivity index (χ0) is 29.4. The number of hydrogen-bond acceptors (Lipinski definition) is 5. The molecule has 5 rings (SSSR count). The highest BCUT2D eigenvalue weighted by Gasteiger charge is 2.58. The lowest BCUT2D eigenvalue weighted by Gasteiger charge is -2.59. The first kappa shape index (κ1) is 30.3. The second-order valence-corrected chi connectivity index (χ2v) is 13.7. The van der Waals surface area contributed by atoms with Gasteiger partial charge in [0.05, 0.1) is 22.1 Å². The number of piperidine rings is 1. The number of aliphatic hydroxyl groups is 1. The normalized spacial score (nSPS) is 26.5. The van der Waals surface area contributed by atoms with Gasteiger partial charge in [0.25, 0.3) is 0 Å². The van der Waals surface area contributed by atoms with Crippen molar-refractivity contribution in [1.82, 2.24) is 9.80 Å². The van der Waals surface area contributed by atoms with Crippen LogP contribution in [0, 0.1) is 11.8 Å². The molecule has 222 valence electrons. The lowest BCUT2D eigenvalue weighted by molar-refractivity contribution is -0.150. The average molecular weight is 602 g/mol. The van der Waals surface area contributed by atoms with E-state index in [9.17, 15) is 14.7 Å². The smallest absolute Gasteiger partial charge is 0.308 e. The van der Waals surface area contributed by atoms with E-state index in [2.05, 4.69) is 24.8 Å². The van der Waals surface area contributed by atoms with Crippen molar-refractivity contribution in [2.24, 2.45) is 11.8 Å². The number of carbonyl (C=O) groups is 2. The predicted molar refractivity (Wildman–Crippen MR) is 163 cm³/mol. The topological polar surface area (TPSA) is 70.1 Å². The largest absolute Gasteiger partial charge is 0.427 e. The van der Waals surface area contributed by atoms with Crippen molar-refractivity contribution in [2.75, 3.05) is 26.2 Å². The molecule has 3 atom stereocenters. The van der Waals surface area contributed by atoms with Gasteiger partial charge in [-0.3, -0.25) is 9.59 Å². The highest BCUT2D eigenvalue weighted by Crippen LogP contribution is 2.53. The number of fused-ring (bicyclic) bond motifs is 1. The van der Waals surface area contributed by atoms with Crippen LogP contribution in [0.5, 0.6) is 5.75 Å². The zero-order valence-corrected chi connectivity index (χ0v) is 25.9. The van der Waals surface area contributed by atoms with E-state index in [0.29, 0.717) is 41.7 Å². The number of amides is 1. The number of β-amino-alcohol motifs (C(OH)–C–C–N with tert-alkyl or cyclic N) is 1. The third kappa shape index (κ3) is 6.77. The van der Waals surface area contributed by atoms with Crippen LogP contribution in [0.3, 0.4) is 0 Å². The molecule has 6 nitrogen and oxygen atoms in total. The van der Waals surface area contributed by atoms with E-state index in [1.165, 1.54) is 19.8 Å². The Labute approximate surface area is 253 Å². The molecule has 0 bridgehead atoms. The van der Waals surface area contributed by atoms with Gasteiger partial charge in [0.15, 0.2) is 0 Å². The molecule has 1 aliphatic heterocycles. The van der Waals surface area contributed by atoms with E-state index < -0.39 is 11.0 Å². The molecule has 1 heterocycles. The van der Waals surface area contributed by atoms with Crippen molar-refractivity contribution in [3.05, 3.63) is 63.6 Å².